The molecular weight excluding hydrogens is 296 g/mol. The second-order valence-corrected chi connectivity index (χ2v) is 4.98. The van der Waals surface area contributed by atoms with Crippen LogP contribution in [0.1, 0.15) is 17.8 Å². The Labute approximate surface area is 114 Å². The Morgan fingerprint density at radius 1 is 1.33 bits per heavy atom. The Morgan fingerprint density at radius 2 is 2.11 bits per heavy atom. The van der Waals surface area contributed by atoms with Crippen LogP contribution in [-0.4, -0.2) is 19.1 Å². The third-order valence-corrected chi connectivity index (χ3v) is 4.04. The molecule has 0 radical (unpaired) electrons. The van der Waals surface area contributed by atoms with Crippen molar-refractivity contribution in [3.05, 3.63) is 45.1 Å². The highest BCUT2D eigenvalue weighted by Gasteiger charge is 2.08. The first kappa shape index (κ1) is 13.0. The molecule has 0 N–H and O–H groups in total. The number of aryl methyl sites for hydroxylation is 2. The molecule has 0 atom stereocenters. The van der Waals surface area contributed by atoms with Crippen molar-refractivity contribution in [3.8, 4) is 0 Å². The molecule has 0 spiro atoms. The fourth-order valence-corrected chi connectivity index (χ4v) is 2.17. The average Bonchev–Trinajstić information content (AvgIpc) is 2.84. The van der Waals surface area contributed by atoms with Crippen molar-refractivity contribution in [2.75, 3.05) is 0 Å². The normalized spacial score (nSPS) is 10.8. The van der Waals surface area contributed by atoms with Crippen LogP contribution < -0.4 is 5.69 Å². The van der Waals surface area contributed by atoms with Crippen molar-refractivity contribution < 1.29 is 0 Å². The molecule has 96 valence electrons. The number of hydrogen-bond acceptors (Lipinski definition) is 3. The molecule has 0 aliphatic heterocycles. The lowest BCUT2D eigenvalue weighted by Crippen LogP contribution is -2.26. The van der Waals surface area contributed by atoms with Crippen LogP contribution in [0.3, 0.4) is 0 Å². The molecule has 6 heteroatoms. The summed E-state index contributed by atoms with van der Waals surface area (Å²) in [4.78, 5) is 19.8. The van der Waals surface area contributed by atoms with Crippen LogP contribution in [-0.2, 0) is 13.1 Å². The fourth-order valence-electron chi connectivity index (χ4n) is 1.87. The summed E-state index contributed by atoms with van der Waals surface area (Å²) in [6, 6.07) is 0. The summed E-state index contributed by atoms with van der Waals surface area (Å²) in [6.07, 6.45) is 6.31. The summed E-state index contributed by atoms with van der Waals surface area (Å²) in [5, 5.41) is 0. The highest BCUT2D eigenvalue weighted by Crippen LogP contribution is 2.16. The Hall–Kier alpha value is -1.43. The molecule has 18 heavy (non-hydrogen) atoms. The minimum Gasteiger partial charge on any atom is -0.337 e. The fraction of sp³-hybridized carbons (Fsp3) is 0.417. The van der Waals surface area contributed by atoms with Crippen LogP contribution in [0, 0.1) is 13.8 Å². The molecule has 0 unspecified atom stereocenters. The summed E-state index contributed by atoms with van der Waals surface area (Å²) < 4.78 is 4.61. The first-order chi connectivity index (χ1) is 8.59. The van der Waals surface area contributed by atoms with Crippen LogP contribution in [0.25, 0.3) is 0 Å². The van der Waals surface area contributed by atoms with Crippen molar-refractivity contribution >= 4 is 15.9 Å². The SMILES string of the molecule is Cc1nc(=O)n(CCCn2ccnc2)c(C)c1Br. The lowest BCUT2D eigenvalue weighted by Gasteiger charge is -2.12. The van der Waals surface area contributed by atoms with Crippen LogP contribution in [0.15, 0.2) is 28.0 Å². The summed E-state index contributed by atoms with van der Waals surface area (Å²) >= 11 is 3.46. The molecule has 2 aromatic rings. The van der Waals surface area contributed by atoms with Gasteiger partial charge in [0.25, 0.3) is 0 Å². The average molecular weight is 311 g/mol. The number of nitrogens with zero attached hydrogens (tertiary/aromatic N) is 4. The molecule has 5 nitrogen and oxygen atoms in total. The van der Waals surface area contributed by atoms with Crippen molar-refractivity contribution in [2.45, 2.75) is 33.4 Å². The van der Waals surface area contributed by atoms with E-state index in [1.54, 1.807) is 17.1 Å². The molecule has 0 fully saturated rings. The first-order valence-electron chi connectivity index (χ1n) is 5.79. The van der Waals surface area contributed by atoms with Gasteiger partial charge < -0.3 is 4.57 Å². The van der Waals surface area contributed by atoms with Gasteiger partial charge in [0, 0.05) is 31.2 Å². The van der Waals surface area contributed by atoms with Crippen molar-refractivity contribution in [1.29, 1.82) is 0 Å². The monoisotopic (exact) mass is 310 g/mol. The first-order valence-corrected chi connectivity index (χ1v) is 6.58. The van der Waals surface area contributed by atoms with E-state index in [0.717, 1.165) is 28.8 Å². The zero-order valence-electron chi connectivity index (χ0n) is 10.4. The van der Waals surface area contributed by atoms with E-state index >= 15 is 0 Å². The van der Waals surface area contributed by atoms with Gasteiger partial charge in [0.05, 0.1) is 16.5 Å². The molecule has 0 aliphatic rings. The number of halogens is 1. The predicted octanol–water partition coefficient (Wildman–Crippen LogP) is 1.91. The van der Waals surface area contributed by atoms with E-state index in [1.807, 2.05) is 24.6 Å². The van der Waals surface area contributed by atoms with Crippen molar-refractivity contribution in [2.24, 2.45) is 0 Å². The molecule has 0 saturated heterocycles. The molecular formula is C12H15BrN4O. The lowest BCUT2D eigenvalue weighted by molar-refractivity contribution is 0.533. The van der Waals surface area contributed by atoms with Gasteiger partial charge in [-0.1, -0.05) is 0 Å². The Balaban J connectivity index is 2.10. The van der Waals surface area contributed by atoms with Gasteiger partial charge in [-0.3, -0.25) is 4.57 Å². The third kappa shape index (κ3) is 2.69. The Bertz CT molecular complexity index is 589. The number of rotatable bonds is 4. The standard InChI is InChI=1S/C12H15BrN4O/c1-9-11(13)10(2)17(12(18)15-9)6-3-5-16-7-4-14-8-16/h4,7-8H,3,5-6H2,1-2H3. The second-order valence-electron chi connectivity index (χ2n) is 4.18. The molecule has 0 saturated carbocycles. The highest BCUT2D eigenvalue weighted by atomic mass is 79.9. The summed E-state index contributed by atoms with van der Waals surface area (Å²) in [6.45, 7) is 5.26. The summed E-state index contributed by atoms with van der Waals surface area (Å²) in [7, 11) is 0. The smallest absolute Gasteiger partial charge is 0.337 e. The minimum absolute atomic E-state index is 0.182. The van der Waals surface area contributed by atoms with E-state index in [-0.39, 0.29) is 5.69 Å². The van der Waals surface area contributed by atoms with Crippen LogP contribution in [0.4, 0.5) is 0 Å². The molecule has 2 aromatic heterocycles. The maximum atomic E-state index is 11.8. The van der Waals surface area contributed by atoms with Crippen LogP contribution in [0.2, 0.25) is 0 Å². The number of imidazole rings is 1. The summed E-state index contributed by atoms with van der Waals surface area (Å²) in [5.74, 6) is 0. The van der Waals surface area contributed by atoms with Gasteiger partial charge in [-0.05, 0) is 36.2 Å². The zero-order valence-corrected chi connectivity index (χ0v) is 12.0. The quantitative estimate of drug-likeness (QED) is 0.867. The van der Waals surface area contributed by atoms with Gasteiger partial charge in [-0.2, -0.15) is 4.98 Å². The molecule has 2 rings (SSSR count). The molecule has 0 aliphatic carbocycles. The van der Waals surface area contributed by atoms with Crippen molar-refractivity contribution in [1.82, 2.24) is 19.1 Å². The largest absolute Gasteiger partial charge is 0.348 e. The Kier molecular flexibility index (Phi) is 3.96. The van der Waals surface area contributed by atoms with Gasteiger partial charge in [0.15, 0.2) is 0 Å². The molecule has 0 amide bonds. The van der Waals surface area contributed by atoms with E-state index in [0.29, 0.717) is 6.54 Å². The topological polar surface area (TPSA) is 52.7 Å². The van der Waals surface area contributed by atoms with Gasteiger partial charge in [-0.25, -0.2) is 9.78 Å². The number of aromatic nitrogens is 4. The second kappa shape index (κ2) is 5.48. The Morgan fingerprint density at radius 3 is 2.78 bits per heavy atom. The molecule has 2 heterocycles. The summed E-state index contributed by atoms with van der Waals surface area (Å²) in [5.41, 5.74) is 1.49. The van der Waals surface area contributed by atoms with E-state index in [9.17, 15) is 4.79 Å². The van der Waals surface area contributed by atoms with Gasteiger partial charge >= 0.3 is 5.69 Å². The predicted molar refractivity (Wildman–Crippen MR) is 72.5 cm³/mol. The zero-order chi connectivity index (χ0) is 13.1. The van der Waals surface area contributed by atoms with E-state index in [1.165, 1.54) is 0 Å². The maximum absolute atomic E-state index is 11.8. The van der Waals surface area contributed by atoms with E-state index < -0.39 is 0 Å². The van der Waals surface area contributed by atoms with Crippen LogP contribution >= 0.6 is 15.9 Å². The van der Waals surface area contributed by atoms with E-state index in [2.05, 4.69) is 25.9 Å². The van der Waals surface area contributed by atoms with E-state index in [4.69, 9.17) is 0 Å². The van der Waals surface area contributed by atoms with Gasteiger partial charge in [-0.15, -0.1) is 0 Å². The highest BCUT2D eigenvalue weighted by molar-refractivity contribution is 9.10. The molecule has 0 bridgehead atoms. The lowest BCUT2D eigenvalue weighted by atomic mass is 10.3. The third-order valence-electron chi connectivity index (χ3n) is 2.89. The number of hydrogen-bond donors (Lipinski definition) is 0. The van der Waals surface area contributed by atoms with Gasteiger partial charge in [0.1, 0.15) is 0 Å². The van der Waals surface area contributed by atoms with Gasteiger partial charge in [0.2, 0.25) is 0 Å². The van der Waals surface area contributed by atoms with Crippen molar-refractivity contribution in [3.63, 3.8) is 0 Å². The van der Waals surface area contributed by atoms with Crippen LogP contribution in [0.5, 0.6) is 0 Å². The molecule has 0 aromatic carbocycles. The minimum atomic E-state index is -0.182. The maximum Gasteiger partial charge on any atom is 0.348 e.